The number of rotatable bonds is 6. The van der Waals surface area contributed by atoms with E-state index in [4.69, 9.17) is 11.6 Å². The second-order valence-corrected chi connectivity index (χ2v) is 9.25. The van der Waals surface area contributed by atoms with Crippen LogP contribution in [0.4, 0.5) is 0 Å². The van der Waals surface area contributed by atoms with E-state index in [0.717, 1.165) is 12.8 Å². The highest BCUT2D eigenvalue weighted by Gasteiger charge is 2.25. The third-order valence-electron chi connectivity index (χ3n) is 3.97. The van der Waals surface area contributed by atoms with Gasteiger partial charge in [-0.15, -0.1) is 11.6 Å². The van der Waals surface area contributed by atoms with Gasteiger partial charge in [0.25, 0.3) is 0 Å². The Kier molecular flexibility index (Phi) is 5.08. The minimum Gasteiger partial charge on any atom is -0.122 e. The SMILES string of the molecule is CCCCC1=CCC(C(Cl)[SiH](C)C2=CC=CC2)=C1. The third kappa shape index (κ3) is 3.27. The number of unbranched alkanes of at least 4 members (excludes halogenated alkanes) is 1. The lowest BCUT2D eigenvalue weighted by molar-refractivity contribution is 0.798. The van der Waals surface area contributed by atoms with Crippen LogP contribution in [-0.4, -0.2) is 13.8 Å². The van der Waals surface area contributed by atoms with Crippen LogP contribution in [0.25, 0.3) is 0 Å². The largest absolute Gasteiger partial charge is 0.122 e. The summed E-state index contributed by atoms with van der Waals surface area (Å²) in [6, 6.07) is 0. The van der Waals surface area contributed by atoms with Gasteiger partial charge in [0.05, 0.1) is 8.80 Å². The minimum absolute atomic E-state index is 0.298. The van der Waals surface area contributed by atoms with E-state index in [1.165, 1.54) is 30.4 Å². The lowest BCUT2D eigenvalue weighted by Crippen LogP contribution is -2.26. The minimum atomic E-state index is -0.994. The zero-order chi connectivity index (χ0) is 13.0. The van der Waals surface area contributed by atoms with Crippen LogP contribution in [-0.2, 0) is 0 Å². The molecule has 2 rings (SSSR count). The topological polar surface area (TPSA) is 0 Å². The van der Waals surface area contributed by atoms with Crippen molar-refractivity contribution in [1.82, 2.24) is 0 Å². The van der Waals surface area contributed by atoms with Gasteiger partial charge in [0, 0.05) is 5.00 Å². The summed E-state index contributed by atoms with van der Waals surface area (Å²) in [5, 5.41) is 1.91. The Morgan fingerprint density at radius 2 is 2.22 bits per heavy atom. The van der Waals surface area contributed by atoms with E-state index in [-0.39, 0.29) is 0 Å². The van der Waals surface area contributed by atoms with Crippen LogP contribution in [0.15, 0.2) is 46.7 Å². The van der Waals surface area contributed by atoms with E-state index in [0.29, 0.717) is 5.00 Å². The van der Waals surface area contributed by atoms with Crippen molar-refractivity contribution in [3.63, 3.8) is 0 Å². The zero-order valence-corrected chi connectivity index (χ0v) is 13.4. The van der Waals surface area contributed by atoms with E-state index in [9.17, 15) is 0 Å². The van der Waals surface area contributed by atoms with Gasteiger partial charge in [0.15, 0.2) is 0 Å². The Bertz CT molecular complexity index is 415. The average Bonchev–Trinajstić information content (AvgIpc) is 3.05. The van der Waals surface area contributed by atoms with E-state index in [1.807, 2.05) is 0 Å². The molecule has 0 fully saturated rings. The van der Waals surface area contributed by atoms with E-state index in [1.54, 1.807) is 5.20 Å². The molecule has 0 aromatic heterocycles. The number of hydrogen-bond acceptors (Lipinski definition) is 0. The van der Waals surface area contributed by atoms with Gasteiger partial charge in [-0.1, -0.05) is 66.6 Å². The molecular weight excluding hydrogens is 256 g/mol. The van der Waals surface area contributed by atoms with Crippen molar-refractivity contribution in [2.45, 2.75) is 50.6 Å². The standard InChI is InChI=1S/C16H23ClSi/c1-3-4-7-13-10-11-14(12-13)16(17)18(2)15-8-5-6-9-15/h5-6,8,10,12,16,18H,3-4,7,9,11H2,1-2H3. The molecule has 2 atom stereocenters. The lowest BCUT2D eigenvalue weighted by Gasteiger charge is -2.19. The van der Waals surface area contributed by atoms with Crippen molar-refractivity contribution >= 4 is 20.4 Å². The van der Waals surface area contributed by atoms with Crippen molar-refractivity contribution in [3.05, 3.63) is 46.7 Å². The van der Waals surface area contributed by atoms with Crippen molar-refractivity contribution in [1.29, 1.82) is 0 Å². The average molecular weight is 279 g/mol. The number of alkyl halides is 1. The predicted molar refractivity (Wildman–Crippen MR) is 84.8 cm³/mol. The van der Waals surface area contributed by atoms with Crippen LogP contribution >= 0.6 is 11.6 Å². The fraction of sp³-hybridized carbons (Fsp3) is 0.500. The Morgan fingerprint density at radius 3 is 2.89 bits per heavy atom. The first-order chi connectivity index (χ1) is 8.72. The lowest BCUT2D eigenvalue weighted by atomic mass is 10.1. The van der Waals surface area contributed by atoms with Crippen molar-refractivity contribution in [2.24, 2.45) is 0 Å². The summed E-state index contributed by atoms with van der Waals surface area (Å²) < 4.78 is 0. The molecule has 0 aromatic carbocycles. The maximum atomic E-state index is 6.71. The van der Waals surface area contributed by atoms with Crippen LogP contribution in [0.1, 0.15) is 39.0 Å². The summed E-state index contributed by atoms with van der Waals surface area (Å²) in [5.74, 6) is 0. The summed E-state index contributed by atoms with van der Waals surface area (Å²) in [6.45, 7) is 4.64. The number of halogens is 1. The second-order valence-electron chi connectivity index (χ2n) is 5.37. The summed E-state index contributed by atoms with van der Waals surface area (Å²) in [5.41, 5.74) is 2.98. The fourth-order valence-electron chi connectivity index (χ4n) is 2.66. The maximum absolute atomic E-state index is 6.71. The van der Waals surface area contributed by atoms with E-state index < -0.39 is 8.80 Å². The highest BCUT2D eigenvalue weighted by atomic mass is 35.5. The first-order valence-electron chi connectivity index (χ1n) is 7.11. The van der Waals surface area contributed by atoms with Gasteiger partial charge >= 0.3 is 0 Å². The van der Waals surface area contributed by atoms with Gasteiger partial charge in [-0.2, -0.15) is 0 Å². The summed E-state index contributed by atoms with van der Waals surface area (Å²) >= 11 is 6.71. The van der Waals surface area contributed by atoms with Crippen LogP contribution in [0.3, 0.4) is 0 Å². The van der Waals surface area contributed by atoms with E-state index >= 15 is 0 Å². The Morgan fingerprint density at radius 1 is 1.39 bits per heavy atom. The summed E-state index contributed by atoms with van der Waals surface area (Å²) in [4.78, 5) is 0. The van der Waals surface area contributed by atoms with Crippen LogP contribution in [0.2, 0.25) is 6.55 Å². The maximum Gasteiger partial charge on any atom is 0.0880 e. The molecule has 0 aliphatic heterocycles. The number of allylic oxidation sites excluding steroid dienone is 8. The molecule has 0 bridgehead atoms. The van der Waals surface area contributed by atoms with Gasteiger partial charge in [-0.25, -0.2) is 0 Å². The molecule has 0 saturated carbocycles. The third-order valence-corrected chi connectivity index (χ3v) is 8.29. The first kappa shape index (κ1) is 13.9. The molecule has 0 radical (unpaired) electrons. The van der Waals surface area contributed by atoms with Crippen LogP contribution in [0.5, 0.6) is 0 Å². The first-order valence-corrected chi connectivity index (χ1v) is 9.95. The van der Waals surface area contributed by atoms with Gasteiger partial charge in [0.2, 0.25) is 0 Å². The highest BCUT2D eigenvalue weighted by molar-refractivity contribution is 6.75. The van der Waals surface area contributed by atoms with Crippen molar-refractivity contribution in [2.75, 3.05) is 0 Å². The van der Waals surface area contributed by atoms with Gasteiger partial charge in [0.1, 0.15) is 0 Å². The zero-order valence-electron chi connectivity index (χ0n) is 11.5. The molecule has 2 aliphatic rings. The molecule has 0 N–H and O–H groups in total. The molecule has 2 aliphatic carbocycles. The smallest absolute Gasteiger partial charge is 0.0880 e. The molecule has 0 aromatic rings. The molecular formula is C16H23ClSi. The quantitative estimate of drug-likeness (QED) is 0.481. The van der Waals surface area contributed by atoms with Crippen molar-refractivity contribution < 1.29 is 0 Å². The molecule has 2 heteroatoms. The Balaban J connectivity index is 1.92. The van der Waals surface area contributed by atoms with E-state index in [2.05, 4.69) is 43.9 Å². The molecule has 0 nitrogen and oxygen atoms in total. The Hall–Kier alpha value is -0.533. The highest BCUT2D eigenvalue weighted by Crippen LogP contribution is 2.30. The normalized spacial score (nSPS) is 21.6. The monoisotopic (exact) mass is 278 g/mol. The Labute approximate surface area is 118 Å². The molecule has 0 amide bonds. The van der Waals surface area contributed by atoms with Gasteiger partial charge in [-0.3, -0.25) is 0 Å². The van der Waals surface area contributed by atoms with Crippen LogP contribution < -0.4 is 0 Å². The van der Waals surface area contributed by atoms with Crippen molar-refractivity contribution in [3.8, 4) is 0 Å². The van der Waals surface area contributed by atoms with Crippen LogP contribution in [0, 0.1) is 0 Å². The molecule has 98 valence electrons. The second kappa shape index (κ2) is 6.58. The summed E-state index contributed by atoms with van der Waals surface area (Å²) in [7, 11) is -0.994. The summed E-state index contributed by atoms with van der Waals surface area (Å²) in [6.07, 6.45) is 17.5. The predicted octanol–water partition coefficient (Wildman–Crippen LogP) is 4.86. The molecule has 0 spiro atoms. The molecule has 0 saturated heterocycles. The van der Waals surface area contributed by atoms with Gasteiger partial charge < -0.3 is 0 Å². The molecule has 18 heavy (non-hydrogen) atoms. The molecule has 0 heterocycles. The fourth-order valence-corrected chi connectivity index (χ4v) is 5.47. The number of hydrogen-bond donors (Lipinski definition) is 0. The van der Waals surface area contributed by atoms with Gasteiger partial charge in [-0.05, 0) is 25.7 Å². The molecule has 2 unspecified atom stereocenters.